The molecule has 0 bridgehead atoms. The van der Waals surface area contributed by atoms with Crippen LogP contribution in [0.2, 0.25) is 0 Å². The van der Waals surface area contributed by atoms with Crippen LogP contribution in [0.1, 0.15) is 0 Å². The van der Waals surface area contributed by atoms with E-state index in [-0.39, 0.29) is 4.90 Å². The van der Waals surface area contributed by atoms with Crippen LogP contribution < -0.4 is 0 Å². The molecule has 1 aliphatic rings. The molecule has 5 heteroatoms. The quantitative estimate of drug-likeness (QED) is 0.471. The number of hydrogen-bond donors (Lipinski definition) is 0. The van der Waals surface area contributed by atoms with Crippen LogP contribution in [0.3, 0.4) is 0 Å². The average Bonchev–Trinajstić information content (AvgIpc) is 3.20. The van der Waals surface area contributed by atoms with Crippen LogP contribution in [-0.4, -0.2) is 18.2 Å². The van der Waals surface area contributed by atoms with Crippen molar-refractivity contribution in [3.05, 3.63) is 84.9 Å². The first kappa shape index (κ1) is 15.1. The zero-order chi connectivity index (χ0) is 17.7. The monoisotopic (exact) mass is 358 g/mol. The van der Waals surface area contributed by atoms with E-state index >= 15 is 0 Å². The molecule has 0 saturated heterocycles. The molecule has 5 rings (SSSR count). The predicted molar refractivity (Wildman–Crippen MR) is 99.9 cm³/mol. The molecule has 1 aliphatic heterocycles. The van der Waals surface area contributed by atoms with Crippen molar-refractivity contribution in [1.29, 1.82) is 0 Å². The zero-order valence-corrected chi connectivity index (χ0v) is 14.5. The van der Waals surface area contributed by atoms with E-state index in [4.69, 9.17) is 5.10 Å². The number of nitrogens with zero attached hydrogens (tertiary/aromatic N) is 2. The van der Waals surface area contributed by atoms with E-state index < -0.39 is 9.84 Å². The maximum absolute atomic E-state index is 13.3. The van der Waals surface area contributed by atoms with Gasteiger partial charge in [-0.3, -0.25) is 0 Å². The number of sulfone groups is 1. The largest absolute Gasteiger partial charge is 0.231 e. The Hall–Kier alpha value is -3.18. The van der Waals surface area contributed by atoms with Gasteiger partial charge in [-0.15, -0.1) is 0 Å². The Morgan fingerprint density at radius 2 is 1.35 bits per heavy atom. The smallest absolute Gasteiger partial charge is 0.211 e. The van der Waals surface area contributed by atoms with E-state index in [1.54, 1.807) is 16.8 Å². The Morgan fingerprint density at radius 1 is 0.731 bits per heavy atom. The lowest BCUT2D eigenvalue weighted by Gasteiger charge is -2.06. The van der Waals surface area contributed by atoms with Crippen molar-refractivity contribution in [2.45, 2.75) is 9.79 Å². The fraction of sp³-hybridized carbons (Fsp3) is 0. The molecule has 0 aliphatic carbocycles. The van der Waals surface area contributed by atoms with Crippen molar-refractivity contribution >= 4 is 9.84 Å². The minimum Gasteiger partial charge on any atom is -0.231 e. The van der Waals surface area contributed by atoms with Crippen LogP contribution in [0.25, 0.3) is 28.2 Å². The van der Waals surface area contributed by atoms with Gasteiger partial charge in [-0.1, -0.05) is 66.7 Å². The van der Waals surface area contributed by atoms with Gasteiger partial charge in [0.2, 0.25) is 9.84 Å². The van der Waals surface area contributed by atoms with Gasteiger partial charge in [-0.2, -0.15) is 5.10 Å². The molecule has 1 aromatic heterocycles. The SMILES string of the molecule is O=S1(=O)c2ccccc2-c2c1c(-c1ccccc1)nn2-c1ccccc1. The molecule has 26 heavy (non-hydrogen) atoms. The molecule has 0 spiro atoms. The number of para-hydroxylation sites is 1. The highest BCUT2D eigenvalue weighted by molar-refractivity contribution is 7.92. The van der Waals surface area contributed by atoms with Crippen LogP contribution in [0.5, 0.6) is 0 Å². The summed E-state index contributed by atoms with van der Waals surface area (Å²) >= 11 is 0. The number of hydrogen-bond acceptors (Lipinski definition) is 3. The minimum absolute atomic E-state index is 0.286. The summed E-state index contributed by atoms with van der Waals surface area (Å²) in [6.07, 6.45) is 0. The second kappa shape index (κ2) is 5.41. The van der Waals surface area contributed by atoms with Gasteiger partial charge in [0.15, 0.2) is 0 Å². The summed E-state index contributed by atoms with van der Waals surface area (Å²) in [5.74, 6) is 0. The van der Waals surface area contributed by atoms with E-state index in [0.717, 1.165) is 11.3 Å². The lowest BCUT2D eigenvalue weighted by atomic mass is 10.1. The van der Waals surface area contributed by atoms with Crippen molar-refractivity contribution in [3.63, 3.8) is 0 Å². The molecule has 0 fully saturated rings. The van der Waals surface area contributed by atoms with Crippen molar-refractivity contribution in [1.82, 2.24) is 9.78 Å². The van der Waals surface area contributed by atoms with Crippen molar-refractivity contribution in [3.8, 4) is 28.2 Å². The predicted octanol–water partition coefficient (Wildman–Crippen LogP) is 4.35. The Kier molecular flexibility index (Phi) is 3.14. The third kappa shape index (κ3) is 2.01. The second-order valence-corrected chi connectivity index (χ2v) is 7.99. The first-order valence-electron chi connectivity index (χ1n) is 8.26. The number of benzene rings is 3. The molecule has 4 nitrogen and oxygen atoms in total. The minimum atomic E-state index is -3.61. The van der Waals surface area contributed by atoms with E-state index in [0.29, 0.717) is 21.8 Å². The fourth-order valence-corrected chi connectivity index (χ4v) is 5.24. The molecule has 3 aromatic carbocycles. The highest BCUT2D eigenvalue weighted by atomic mass is 32.2. The third-order valence-electron chi connectivity index (χ3n) is 4.59. The molecule has 4 aromatic rings. The van der Waals surface area contributed by atoms with Gasteiger partial charge in [0.1, 0.15) is 10.6 Å². The maximum atomic E-state index is 13.3. The van der Waals surface area contributed by atoms with E-state index in [1.165, 1.54) is 0 Å². The molecule has 2 heterocycles. The summed E-state index contributed by atoms with van der Waals surface area (Å²) in [6.45, 7) is 0. The molecule has 0 amide bonds. The first-order chi connectivity index (χ1) is 12.7. The van der Waals surface area contributed by atoms with E-state index in [9.17, 15) is 8.42 Å². The fourth-order valence-electron chi connectivity index (χ4n) is 3.44. The summed E-state index contributed by atoms with van der Waals surface area (Å²) < 4.78 is 28.3. The highest BCUT2D eigenvalue weighted by Crippen LogP contribution is 2.48. The van der Waals surface area contributed by atoms with E-state index in [2.05, 4.69) is 0 Å². The average molecular weight is 358 g/mol. The summed E-state index contributed by atoms with van der Waals surface area (Å²) in [4.78, 5) is 0.628. The molecule has 126 valence electrons. The Morgan fingerprint density at radius 3 is 2.08 bits per heavy atom. The summed E-state index contributed by atoms with van der Waals surface area (Å²) in [5.41, 5.74) is 3.43. The molecular formula is C21H14N2O2S. The molecule has 0 radical (unpaired) electrons. The normalized spacial score (nSPS) is 14.0. The first-order valence-corrected chi connectivity index (χ1v) is 9.74. The second-order valence-electron chi connectivity index (χ2n) is 6.14. The van der Waals surface area contributed by atoms with Gasteiger partial charge in [-0.25, -0.2) is 13.1 Å². The van der Waals surface area contributed by atoms with Gasteiger partial charge < -0.3 is 0 Å². The van der Waals surface area contributed by atoms with Gasteiger partial charge in [0.25, 0.3) is 0 Å². The van der Waals surface area contributed by atoms with Crippen LogP contribution >= 0.6 is 0 Å². The number of fused-ring (bicyclic) bond motifs is 3. The standard InChI is InChI=1S/C21H14N2O2S/c24-26(25)18-14-8-7-13-17(18)20-21(26)19(15-9-3-1-4-10-15)22-23(20)16-11-5-2-6-12-16/h1-14H. The topological polar surface area (TPSA) is 52.0 Å². The molecule has 0 atom stereocenters. The number of rotatable bonds is 2. The molecule has 0 N–H and O–H groups in total. The van der Waals surface area contributed by atoms with Gasteiger partial charge in [-0.05, 0) is 18.2 Å². The van der Waals surface area contributed by atoms with Crippen LogP contribution in [0, 0.1) is 0 Å². The third-order valence-corrected chi connectivity index (χ3v) is 6.45. The number of aromatic nitrogens is 2. The summed E-state index contributed by atoms with van der Waals surface area (Å²) in [6, 6.07) is 26.2. The Labute approximate surface area is 151 Å². The molecular weight excluding hydrogens is 344 g/mol. The highest BCUT2D eigenvalue weighted by Gasteiger charge is 2.40. The van der Waals surface area contributed by atoms with Crippen molar-refractivity contribution < 1.29 is 8.42 Å². The summed E-state index contributed by atoms with van der Waals surface area (Å²) in [5, 5.41) is 4.70. The molecule has 0 unspecified atom stereocenters. The van der Waals surface area contributed by atoms with Crippen LogP contribution in [0.15, 0.2) is 94.7 Å². The molecule has 0 saturated carbocycles. The lowest BCUT2D eigenvalue weighted by molar-refractivity contribution is 0.599. The van der Waals surface area contributed by atoms with Gasteiger partial charge in [0.05, 0.1) is 16.3 Å². The van der Waals surface area contributed by atoms with E-state index in [1.807, 2.05) is 72.8 Å². The Balaban J connectivity index is 1.92. The lowest BCUT2D eigenvalue weighted by Crippen LogP contribution is -2.00. The van der Waals surface area contributed by atoms with Crippen LogP contribution in [0.4, 0.5) is 0 Å². The summed E-state index contributed by atoms with van der Waals surface area (Å²) in [7, 11) is -3.61. The zero-order valence-electron chi connectivity index (χ0n) is 13.7. The van der Waals surface area contributed by atoms with Crippen LogP contribution in [-0.2, 0) is 9.84 Å². The van der Waals surface area contributed by atoms with Gasteiger partial charge >= 0.3 is 0 Å². The van der Waals surface area contributed by atoms with Crippen molar-refractivity contribution in [2.75, 3.05) is 0 Å². The maximum Gasteiger partial charge on any atom is 0.211 e. The van der Waals surface area contributed by atoms with Gasteiger partial charge in [0, 0.05) is 11.1 Å². The Bertz CT molecular complexity index is 1230. The van der Waals surface area contributed by atoms with Crippen molar-refractivity contribution in [2.24, 2.45) is 0 Å².